The Labute approximate surface area is 69.8 Å². The lowest BCUT2D eigenvalue weighted by Crippen LogP contribution is -1.94. The van der Waals surface area contributed by atoms with Gasteiger partial charge in [-0.1, -0.05) is 12.1 Å². The van der Waals surface area contributed by atoms with E-state index in [0.717, 1.165) is 5.56 Å². The van der Waals surface area contributed by atoms with Gasteiger partial charge in [0.15, 0.2) is 0 Å². The van der Waals surface area contributed by atoms with Crippen LogP contribution in [0.2, 0.25) is 0 Å². The van der Waals surface area contributed by atoms with Gasteiger partial charge in [0, 0.05) is 6.54 Å². The third kappa shape index (κ3) is 2.45. The quantitative estimate of drug-likeness (QED) is 0.745. The first kappa shape index (κ1) is 9.59. The Bertz CT molecular complexity index is 185. The second-order valence-electron chi connectivity index (χ2n) is 1.83. The molecule has 1 rings (SSSR count). The van der Waals surface area contributed by atoms with Gasteiger partial charge in [0.25, 0.3) is 0 Å². The Morgan fingerprint density at radius 2 is 1.70 bits per heavy atom. The van der Waals surface area contributed by atoms with Gasteiger partial charge < -0.3 is 5.73 Å². The minimum absolute atomic E-state index is 0. The van der Waals surface area contributed by atoms with Crippen LogP contribution >= 0.6 is 17.0 Å². The third-order valence-electron chi connectivity index (χ3n) is 1.15. The maximum atomic E-state index is 12.2. The zero-order chi connectivity index (χ0) is 6.69. The fraction of sp³-hybridized carbons (Fsp3) is 0.143. The topological polar surface area (TPSA) is 26.0 Å². The molecule has 3 heteroatoms. The van der Waals surface area contributed by atoms with Gasteiger partial charge in [0.1, 0.15) is 5.82 Å². The summed E-state index contributed by atoms with van der Waals surface area (Å²) in [6, 6.07) is 6.16. The van der Waals surface area contributed by atoms with E-state index in [2.05, 4.69) is 0 Å². The van der Waals surface area contributed by atoms with Crippen molar-refractivity contribution in [3.8, 4) is 0 Å². The molecular formula is C7H9BrFN. The standard InChI is InChI=1S/C7H8FN.BrH/c8-7-3-1-6(5-9)2-4-7;/h1-4H,5,9H2;1H. The summed E-state index contributed by atoms with van der Waals surface area (Å²) in [5, 5.41) is 0. The van der Waals surface area contributed by atoms with E-state index in [1.54, 1.807) is 12.1 Å². The molecule has 0 aromatic heterocycles. The predicted molar refractivity (Wildman–Crippen MR) is 44.6 cm³/mol. The number of nitrogens with two attached hydrogens (primary N) is 1. The summed E-state index contributed by atoms with van der Waals surface area (Å²) in [6.45, 7) is 0.472. The lowest BCUT2D eigenvalue weighted by Gasteiger charge is -1.92. The lowest BCUT2D eigenvalue weighted by molar-refractivity contribution is 0.627. The summed E-state index contributed by atoms with van der Waals surface area (Å²) >= 11 is 0. The maximum absolute atomic E-state index is 12.2. The average molecular weight is 206 g/mol. The second-order valence-corrected chi connectivity index (χ2v) is 1.83. The highest BCUT2D eigenvalue weighted by Gasteiger charge is 1.87. The number of hydrogen-bond acceptors (Lipinski definition) is 1. The molecule has 0 unspecified atom stereocenters. The van der Waals surface area contributed by atoms with E-state index in [4.69, 9.17) is 5.73 Å². The molecule has 0 atom stereocenters. The van der Waals surface area contributed by atoms with E-state index in [9.17, 15) is 4.39 Å². The van der Waals surface area contributed by atoms with Gasteiger partial charge in [-0.3, -0.25) is 0 Å². The number of halogens is 2. The van der Waals surface area contributed by atoms with E-state index in [-0.39, 0.29) is 22.8 Å². The first-order valence-electron chi connectivity index (χ1n) is 2.77. The van der Waals surface area contributed by atoms with Gasteiger partial charge in [-0.2, -0.15) is 0 Å². The largest absolute Gasteiger partial charge is 0.326 e. The Morgan fingerprint density at radius 3 is 2.10 bits per heavy atom. The zero-order valence-corrected chi connectivity index (χ0v) is 7.09. The molecule has 0 aliphatic carbocycles. The minimum atomic E-state index is -0.216. The van der Waals surface area contributed by atoms with Crippen molar-refractivity contribution < 1.29 is 4.39 Å². The third-order valence-corrected chi connectivity index (χ3v) is 1.15. The van der Waals surface area contributed by atoms with Gasteiger partial charge in [0.05, 0.1) is 0 Å². The van der Waals surface area contributed by atoms with Crippen molar-refractivity contribution in [2.75, 3.05) is 0 Å². The molecule has 0 fully saturated rings. The smallest absolute Gasteiger partial charge is 0.123 e. The summed E-state index contributed by atoms with van der Waals surface area (Å²) in [5.74, 6) is -0.216. The van der Waals surface area contributed by atoms with Gasteiger partial charge in [-0.15, -0.1) is 17.0 Å². The molecule has 0 bridgehead atoms. The maximum Gasteiger partial charge on any atom is 0.123 e. The van der Waals surface area contributed by atoms with Crippen molar-refractivity contribution in [1.29, 1.82) is 0 Å². The van der Waals surface area contributed by atoms with Crippen LogP contribution < -0.4 is 5.73 Å². The second kappa shape index (κ2) is 4.41. The molecule has 0 saturated heterocycles. The number of rotatable bonds is 1. The van der Waals surface area contributed by atoms with Gasteiger partial charge >= 0.3 is 0 Å². The summed E-state index contributed by atoms with van der Waals surface area (Å²) in [7, 11) is 0. The Hall–Kier alpha value is -0.410. The SMILES string of the molecule is Br.NCc1ccc(F)cc1. The first-order chi connectivity index (χ1) is 4.33. The fourth-order valence-electron chi connectivity index (χ4n) is 0.620. The summed E-state index contributed by atoms with van der Waals surface area (Å²) in [5.41, 5.74) is 6.23. The molecule has 1 nitrogen and oxygen atoms in total. The van der Waals surface area contributed by atoms with E-state index >= 15 is 0 Å². The molecule has 0 radical (unpaired) electrons. The summed E-state index contributed by atoms with van der Waals surface area (Å²) in [6.07, 6.45) is 0. The van der Waals surface area contributed by atoms with Crippen LogP contribution in [0.15, 0.2) is 24.3 Å². The van der Waals surface area contributed by atoms with Gasteiger partial charge in [0.2, 0.25) is 0 Å². The molecule has 0 heterocycles. The normalized spacial score (nSPS) is 8.60. The number of hydrogen-bond donors (Lipinski definition) is 1. The lowest BCUT2D eigenvalue weighted by atomic mass is 10.2. The Morgan fingerprint density at radius 1 is 1.20 bits per heavy atom. The predicted octanol–water partition coefficient (Wildman–Crippen LogP) is 1.86. The highest BCUT2D eigenvalue weighted by molar-refractivity contribution is 8.93. The molecule has 56 valence electrons. The molecule has 2 N–H and O–H groups in total. The highest BCUT2D eigenvalue weighted by atomic mass is 79.9. The summed E-state index contributed by atoms with van der Waals surface area (Å²) < 4.78 is 12.2. The van der Waals surface area contributed by atoms with Crippen LogP contribution in [0, 0.1) is 5.82 Å². The van der Waals surface area contributed by atoms with Crippen molar-refractivity contribution in [2.45, 2.75) is 6.54 Å². The first-order valence-corrected chi connectivity index (χ1v) is 2.77. The molecule has 0 saturated carbocycles. The Kier molecular flexibility index (Phi) is 4.23. The Balaban J connectivity index is 0.000000810. The zero-order valence-electron chi connectivity index (χ0n) is 5.38. The van der Waals surface area contributed by atoms with E-state index < -0.39 is 0 Å². The van der Waals surface area contributed by atoms with Crippen molar-refractivity contribution in [3.63, 3.8) is 0 Å². The van der Waals surface area contributed by atoms with Gasteiger partial charge in [-0.25, -0.2) is 4.39 Å². The number of benzene rings is 1. The van der Waals surface area contributed by atoms with E-state index in [0.29, 0.717) is 6.54 Å². The summed E-state index contributed by atoms with van der Waals surface area (Å²) in [4.78, 5) is 0. The fourth-order valence-corrected chi connectivity index (χ4v) is 0.620. The van der Waals surface area contributed by atoms with Crippen LogP contribution in [0.3, 0.4) is 0 Å². The van der Waals surface area contributed by atoms with Crippen molar-refractivity contribution in [1.82, 2.24) is 0 Å². The van der Waals surface area contributed by atoms with Crippen LogP contribution in [0.1, 0.15) is 5.56 Å². The molecule has 0 amide bonds. The highest BCUT2D eigenvalue weighted by Crippen LogP contribution is 2.00. The van der Waals surface area contributed by atoms with Crippen LogP contribution in [-0.4, -0.2) is 0 Å². The van der Waals surface area contributed by atoms with Crippen molar-refractivity contribution in [2.24, 2.45) is 5.73 Å². The molecular weight excluding hydrogens is 197 g/mol. The van der Waals surface area contributed by atoms with Crippen LogP contribution in [0.4, 0.5) is 4.39 Å². The molecule has 0 spiro atoms. The molecule has 10 heavy (non-hydrogen) atoms. The van der Waals surface area contributed by atoms with Crippen LogP contribution in [-0.2, 0) is 6.54 Å². The van der Waals surface area contributed by atoms with Crippen LogP contribution in [0.5, 0.6) is 0 Å². The minimum Gasteiger partial charge on any atom is -0.326 e. The van der Waals surface area contributed by atoms with Crippen molar-refractivity contribution >= 4 is 17.0 Å². The van der Waals surface area contributed by atoms with E-state index in [1.807, 2.05) is 0 Å². The molecule has 1 aromatic carbocycles. The van der Waals surface area contributed by atoms with Crippen LogP contribution in [0.25, 0.3) is 0 Å². The average Bonchev–Trinajstić information content (AvgIpc) is 1.90. The van der Waals surface area contributed by atoms with Gasteiger partial charge in [-0.05, 0) is 17.7 Å². The molecule has 0 aliphatic heterocycles. The monoisotopic (exact) mass is 205 g/mol. The van der Waals surface area contributed by atoms with Crippen molar-refractivity contribution in [3.05, 3.63) is 35.6 Å². The van der Waals surface area contributed by atoms with E-state index in [1.165, 1.54) is 12.1 Å². The molecule has 1 aromatic rings. The molecule has 0 aliphatic rings.